The number of nitrogens with one attached hydrogen (secondary N) is 1. The number of hydrogen-bond acceptors (Lipinski definition) is 8. The summed E-state index contributed by atoms with van der Waals surface area (Å²) in [6.07, 6.45) is 4.67. The monoisotopic (exact) mass is 806 g/mol. The molecule has 3 saturated heterocycles. The summed E-state index contributed by atoms with van der Waals surface area (Å²) in [7, 11) is 0. The molecule has 3 aliphatic rings. The van der Waals surface area contributed by atoms with Crippen LogP contribution in [0.2, 0.25) is 0 Å². The van der Waals surface area contributed by atoms with E-state index in [-0.39, 0.29) is 48.7 Å². The molecule has 3 heterocycles. The first-order valence-electron chi connectivity index (χ1n) is 19.2. The van der Waals surface area contributed by atoms with Gasteiger partial charge in [0.25, 0.3) is 5.91 Å². The van der Waals surface area contributed by atoms with Crippen LogP contribution in [0.1, 0.15) is 71.0 Å². The maximum absolute atomic E-state index is 15.0. The number of carbonyl (C=O) groups is 4. The van der Waals surface area contributed by atoms with Gasteiger partial charge in [-0.15, -0.1) is 13.2 Å². The predicted molar refractivity (Wildman–Crippen MR) is 213 cm³/mol. The van der Waals surface area contributed by atoms with Crippen molar-refractivity contribution in [3.63, 3.8) is 0 Å². The number of carbonyl (C=O) groups excluding carboxylic acids is 4. The van der Waals surface area contributed by atoms with E-state index in [0.717, 1.165) is 18.8 Å². The molecule has 54 heavy (non-hydrogen) atoms. The minimum Gasteiger partial charge on any atom is -0.455 e. The Morgan fingerprint density at radius 3 is 2.37 bits per heavy atom. The van der Waals surface area contributed by atoms with Crippen molar-refractivity contribution >= 4 is 51.0 Å². The lowest BCUT2D eigenvalue weighted by molar-refractivity contribution is -0.162. The highest BCUT2D eigenvalue weighted by Crippen LogP contribution is 2.60. The molecule has 2 aromatic carbocycles. The van der Waals surface area contributed by atoms with Crippen LogP contribution >= 0.6 is 15.9 Å². The fraction of sp³-hybridized carbons (Fsp3) is 0.524. The van der Waals surface area contributed by atoms with Crippen molar-refractivity contribution in [2.24, 2.45) is 11.8 Å². The molecule has 0 aliphatic carbocycles. The first kappa shape index (κ1) is 41.2. The number of ether oxygens (including phenoxy) is 2. The molecule has 3 fully saturated rings. The number of esters is 1. The molecule has 3 amide bonds. The molecule has 2 bridgehead atoms. The molecule has 2 N–H and O–H groups in total. The van der Waals surface area contributed by atoms with E-state index in [1.807, 2.05) is 54.6 Å². The van der Waals surface area contributed by atoms with Crippen molar-refractivity contribution in [2.75, 3.05) is 42.6 Å². The minimum atomic E-state index is -1.29. The number of amides is 3. The van der Waals surface area contributed by atoms with Crippen molar-refractivity contribution < 1.29 is 33.8 Å². The standard InChI is InChI=1S/C42H55BrN4O7/c1-6-10-19-33(49)44-28(5)36(29-17-13-11-14-18-29)53-41(52)34-35-39(50)47(25-15-12-16-26-48)38(42(35)27-32(43)37(34)54-42)40(51)46(24-7-2)31-22-20-30(21-23-31)45(8-3)9-4/h6-7,11,13-14,17-18,20-23,28,32,34-38,48H,1-2,8-10,12,15-16,19,24-27H2,3-5H3,(H,44,49)/t28-,32?,34+,35-,36-,37+,38+,42-/m1/s1. The Bertz CT molecular complexity index is 1640. The second-order valence-corrected chi connectivity index (χ2v) is 15.5. The maximum Gasteiger partial charge on any atom is 0.313 e. The van der Waals surface area contributed by atoms with Gasteiger partial charge in [-0.1, -0.05) is 58.4 Å². The van der Waals surface area contributed by atoms with E-state index >= 15 is 4.79 Å². The number of nitrogens with zero attached hydrogens (tertiary/aromatic N) is 3. The Kier molecular flexibility index (Phi) is 14.1. The Labute approximate surface area is 327 Å². The number of rotatable bonds is 20. The van der Waals surface area contributed by atoms with Gasteiger partial charge in [0.2, 0.25) is 11.8 Å². The lowest BCUT2D eigenvalue weighted by atomic mass is 9.70. The van der Waals surface area contributed by atoms with Crippen molar-refractivity contribution in [1.82, 2.24) is 10.2 Å². The summed E-state index contributed by atoms with van der Waals surface area (Å²) in [4.78, 5) is 62.2. The molecule has 1 spiro atoms. The van der Waals surface area contributed by atoms with Gasteiger partial charge in [-0.25, -0.2) is 0 Å². The zero-order chi connectivity index (χ0) is 39.0. The molecule has 0 radical (unpaired) electrons. The Morgan fingerprint density at radius 2 is 1.74 bits per heavy atom. The number of halogens is 1. The van der Waals surface area contributed by atoms with Gasteiger partial charge >= 0.3 is 5.97 Å². The number of alkyl halides is 1. The number of unbranched alkanes of at least 4 members (excludes halogenated alkanes) is 2. The first-order valence-corrected chi connectivity index (χ1v) is 20.1. The van der Waals surface area contributed by atoms with Gasteiger partial charge in [-0.05, 0) is 82.7 Å². The van der Waals surface area contributed by atoms with E-state index in [0.29, 0.717) is 43.4 Å². The van der Waals surface area contributed by atoms with Crippen LogP contribution in [-0.2, 0) is 28.7 Å². The summed E-state index contributed by atoms with van der Waals surface area (Å²) in [5.41, 5.74) is 1.11. The number of fused-ring (bicyclic) bond motifs is 1. The van der Waals surface area contributed by atoms with Crippen molar-refractivity contribution in [3.05, 3.63) is 85.5 Å². The Morgan fingerprint density at radius 1 is 1.06 bits per heavy atom. The summed E-state index contributed by atoms with van der Waals surface area (Å²) in [6, 6.07) is 15.4. The van der Waals surface area contributed by atoms with Gasteiger partial charge in [-0.3, -0.25) is 19.2 Å². The molecule has 12 heteroatoms. The number of benzene rings is 2. The summed E-state index contributed by atoms with van der Waals surface area (Å²) in [5.74, 6) is -3.40. The summed E-state index contributed by atoms with van der Waals surface area (Å²) < 4.78 is 13.1. The van der Waals surface area contributed by atoms with Crippen molar-refractivity contribution in [3.8, 4) is 0 Å². The molecule has 0 saturated carbocycles. The normalized spacial score (nSPS) is 25.1. The predicted octanol–water partition coefficient (Wildman–Crippen LogP) is 5.72. The lowest BCUT2D eigenvalue weighted by Gasteiger charge is -2.37. The Balaban J connectivity index is 1.49. The van der Waals surface area contributed by atoms with E-state index in [4.69, 9.17) is 9.47 Å². The second-order valence-electron chi connectivity index (χ2n) is 14.4. The summed E-state index contributed by atoms with van der Waals surface area (Å²) >= 11 is 3.77. The largest absolute Gasteiger partial charge is 0.455 e. The molecular formula is C42H55BrN4O7. The number of hydrogen-bond donors (Lipinski definition) is 2. The third kappa shape index (κ3) is 8.30. The van der Waals surface area contributed by atoms with E-state index < -0.39 is 47.7 Å². The molecule has 5 rings (SSSR count). The van der Waals surface area contributed by atoms with Crippen molar-refractivity contribution in [2.45, 2.75) is 94.0 Å². The molecule has 11 nitrogen and oxygen atoms in total. The molecular weight excluding hydrogens is 752 g/mol. The van der Waals surface area contributed by atoms with Crippen molar-refractivity contribution in [1.29, 1.82) is 0 Å². The van der Waals surface area contributed by atoms with Crippen LogP contribution in [0.5, 0.6) is 0 Å². The summed E-state index contributed by atoms with van der Waals surface area (Å²) in [6.45, 7) is 15.8. The molecule has 3 aliphatic heterocycles. The average molecular weight is 808 g/mol. The third-order valence-corrected chi connectivity index (χ3v) is 11.9. The zero-order valence-corrected chi connectivity index (χ0v) is 33.3. The Hall–Kier alpha value is -4.00. The van der Waals surface area contributed by atoms with Crippen LogP contribution in [0.3, 0.4) is 0 Å². The van der Waals surface area contributed by atoms with Gasteiger partial charge in [-0.2, -0.15) is 0 Å². The number of aliphatic hydroxyl groups is 1. The third-order valence-electron chi connectivity index (χ3n) is 11.0. The minimum absolute atomic E-state index is 0.0269. The molecule has 292 valence electrons. The van der Waals surface area contributed by atoms with E-state index in [1.54, 1.807) is 28.9 Å². The number of aliphatic hydroxyl groups excluding tert-OH is 1. The molecule has 2 aromatic rings. The molecule has 1 unspecified atom stereocenters. The molecule has 0 aromatic heterocycles. The topological polar surface area (TPSA) is 129 Å². The summed E-state index contributed by atoms with van der Waals surface area (Å²) in [5, 5.41) is 12.4. The van der Waals surface area contributed by atoms with Crippen LogP contribution in [-0.4, -0.2) is 95.1 Å². The average Bonchev–Trinajstić information content (AvgIpc) is 3.77. The number of anilines is 2. The van der Waals surface area contributed by atoms with Gasteiger partial charge < -0.3 is 34.6 Å². The van der Waals surface area contributed by atoms with Gasteiger partial charge in [0, 0.05) is 55.4 Å². The molecule has 8 atom stereocenters. The van der Waals surface area contributed by atoms with Crippen LogP contribution < -0.4 is 15.1 Å². The van der Waals surface area contributed by atoms with Crippen LogP contribution in [0.4, 0.5) is 11.4 Å². The fourth-order valence-electron chi connectivity index (χ4n) is 8.46. The number of allylic oxidation sites excluding steroid dienone is 1. The van der Waals surface area contributed by atoms with E-state index in [2.05, 4.69) is 53.2 Å². The van der Waals surface area contributed by atoms with E-state index in [9.17, 15) is 19.5 Å². The quantitative estimate of drug-likeness (QED) is 0.0754. The number of likely N-dealkylation sites (tertiary alicyclic amines) is 1. The van der Waals surface area contributed by atoms with Crippen LogP contribution in [0.15, 0.2) is 79.9 Å². The van der Waals surface area contributed by atoms with E-state index in [1.165, 1.54) is 0 Å². The second kappa shape index (κ2) is 18.6. The van der Waals surface area contributed by atoms with Crippen LogP contribution in [0.25, 0.3) is 0 Å². The van der Waals surface area contributed by atoms with Crippen LogP contribution in [0, 0.1) is 11.8 Å². The highest BCUT2D eigenvalue weighted by molar-refractivity contribution is 9.09. The maximum atomic E-state index is 15.0. The smallest absolute Gasteiger partial charge is 0.313 e. The highest BCUT2D eigenvalue weighted by atomic mass is 79.9. The lowest BCUT2D eigenvalue weighted by Crippen LogP contribution is -2.57. The van der Waals surface area contributed by atoms with Gasteiger partial charge in [0.15, 0.2) is 0 Å². The SMILES string of the molecule is C=CCCC(=O)N[C@H](C)[C@@H](OC(=O)[C@@H]1[C@H]2O[C@@]3(CC2Br)[C@H](C(=O)N(CC=C)c2ccc(N(CC)CC)cc2)N(CCCCCO)C(=O)[C@@H]13)c1ccccc1. The highest BCUT2D eigenvalue weighted by Gasteiger charge is 2.77. The fourth-order valence-corrected chi connectivity index (χ4v) is 9.40. The van der Waals surface area contributed by atoms with Gasteiger partial charge in [0.1, 0.15) is 17.7 Å². The van der Waals surface area contributed by atoms with Gasteiger partial charge in [0.05, 0.1) is 24.0 Å². The first-order chi connectivity index (χ1) is 26.1. The zero-order valence-electron chi connectivity index (χ0n) is 31.7.